The molecule has 0 spiro atoms. The Morgan fingerprint density at radius 3 is 0.892 bits per heavy atom. The van der Waals surface area contributed by atoms with Gasteiger partial charge in [0, 0.05) is 30.4 Å². The van der Waals surface area contributed by atoms with E-state index in [-0.39, 0.29) is 64.6 Å². The molecule has 15 heteroatoms. The van der Waals surface area contributed by atoms with Gasteiger partial charge in [0.1, 0.15) is 37.1 Å². The summed E-state index contributed by atoms with van der Waals surface area (Å²) in [5, 5.41) is 33.2. The highest BCUT2D eigenvalue weighted by atomic mass is 16.5. The van der Waals surface area contributed by atoms with Gasteiger partial charge in [-0.05, 0) is 104 Å². The maximum atomic E-state index is 13.9. The van der Waals surface area contributed by atoms with Gasteiger partial charge in [0.2, 0.25) is 0 Å². The fraction of sp³-hybridized carbons (Fsp3) is 0.559. The highest BCUT2D eigenvalue weighted by Gasteiger charge is 2.29. The Balaban J connectivity index is 1.53. The van der Waals surface area contributed by atoms with Gasteiger partial charge in [-0.15, -0.1) is 0 Å². The number of ether oxygens (including phenoxy) is 3. The summed E-state index contributed by atoms with van der Waals surface area (Å²) < 4.78 is 18.8. The standard InChI is InChI=1S/C59H83N3O12/c1-36(2)40-30-37(31-41(49(40)66)55(3,4)5)18-21-46(63)72-27-24-60-52(69)61(25-28-73-47(64)22-19-38-32-42(56(6,7)8)50(67)43(33-38)57(9,10)11)54(71)62(53(60)70)26-29-74-48(65)23-20-39-34-44(58(12,13)14)51(68)45(35-39)59(15,16)17/h30-35,66-68H,1,18-29H2,2-17H3. The van der Waals surface area contributed by atoms with Crippen LogP contribution in [0.5, 0.6) is 17.2 Å². The smallest absolute Gasteiger partial charge is 0.336 e. The average Bonchev–Trinajstić information content (AvgIpc) is 3.26. The molecule has 3 aromatic carbocycles. The number of allylic oxidation sites excluding steroid dienone is 1. The van der Waals surface area contributed by atoms with Gasteiger partial charge in [-0.2, -0.15) is 0 Å². The van der Waals surface area contributed by atoms with Gasteiger partial charge >= 0.3 is 35.0 Å². The van der Waals surface area contributed by atoms with Crippen molar-refractivity contribution in [2.45, 2.75) is 196 Å². The molecule has 3 N–H and O–H groups in total. The molecule has 0 atom stereocenters. The molecular weight excluding hydrogens is 943 g/mol. The van der Waals surface area contributed by atoms with Crippen molar-refractivity contribution in [1.29, 1.82) is 0 Å². The molecule has 0 aliphatic rings. The summed E-state index contributed by atoms with van der Waals surface area (Å²) in [6.45, 7) is 33.2. The van der Waals surface area contributed by atoms with Gasteiger partial charge in [-0.3, -0.25) is 14.4 Å². The van der Waals surface area contributed by atoms with Crippen molar-refractivity contribution in [1.82, 2.24) is 13.7 Å². The minimum Gasteiger partial charge on any atom is -0.507 e. The topological polar surface area (TPSA) is 206 Å². The molecule has 0 aliphatic carbocycles. The highest BCUT2D eigenvalue weighted by Crippen LogP contribution is 2.42. The molecular formula is C59H83N3O12. The third-order valence-corrected chi connectivity index (χ3v) is 13.0. The van der Waals surface area contributed by atoms with Gasteiger partial charge in [0.15, 0.2) is 0 Å². The number of hydrogen-bond acceptors (Lipinski definition) is 12. The lowest BCUT2D eigenvalue weighted by Crippen LogP contribution is -2.55. The minimum absolute atomic E-state index is 0.0326. The largest absolute Gasteiger partial charge is 0.507 e. The average molecular weight is 1030 g/mol. The van der Waals surface area contributed by atoms with E-state index < -0.39 is 79.8 Å². The summed E-state index contributed by atoms with van der Waals surface area (Å²) in [6.07, 6.45) is 0.753. The SMILES string of the molecule is C=C(C)c1cc(CCC(=O)OCCn2c(=O)n(CCOC(=O)CCc3cc(C(C)(C)C)c(O)c(C(C)(C)C)c3)c(=O)n(CCOC(=O)CCc3cc(C(C)(C)C)c(O)c(C(C)(C)C)c3)c2=O)cc(C(C)(C)C)c1O. The number of esters is 3. The van der Waals surface area contributed by atoms with Crippen LogP contribution in [0.1, 0.15) is 180 Å². The number of rotatable bonds is 19. The van der Waals surface area contributed by atoms with E-state index in [1.165, 1.54) is 0 Å². The molecule has 4 aromatic rings. The van der Waals surface area contributed by atoms with Crippen molar-refractivity contribution in [3.8, 4) is 17.2 Å². The normalized spacial score (nSPS) is 12.4. The van der Waals surface area contributed by atoms with E-state index >= 15 is 0 Å². The van der Waals surface area contributed by atoms with Crippen molar-refractivity contribution in [2.24, 2.45) is 0 Å². The predicted octanol–water partition coefficient (Wildman–Crippen LogP) is 9.34. The number of hydrogen-bond donors (Lipinski definition) is 3. The number of aromatic nitrogens is 3. The quantitative estimate of drug-likeness (QED) is 0.0594. The Kier molecular flexibility index (Phi) is 19.1. The van der Waals surface area contributed by atoms with Crippen LogP contribution in [0.4, 0.5) is 0 Å². The Hall–Kier alpha value is -6.38. The van der Waals surface area contributed by atoms with E-state index in [2.05, 4.69) is 6.58 Å². The number of carbonyl (C=O) groups excluding carboxylic acids is 3. The van der Waals surface area contributed by atoms with E-state index in [4.69, 9.17) is 14.2 Å². The lowest BCUT2D eigenvalue weighted by atomic mass is 9.78. The van der Waals surface area contributed by atoms with Crippen LogP contribution in [0, 0.1) is 0 Å². The van der Waals surface area contributed by atoms with Crippen molar-refractivity contribution >= 4 is 23.5 Å². The zero-order valence-corrected chi connectivity index (χ0v) is 47.0. The zero-order chi connectivity index (χ0) is 56.1. The Morgan fingerprint density at radius 2 is 0.662 bits per heavy atom. The molecule has 0 saturated heterocycles. The second-order valence-electron chi connectivity index (χ2n) is 24.6. The molecule has 0 aliphatic heterocycles. The fourth-order valence-corrected chi connectivity index (χ4v) is 8.66. The molecule has 406 valence electrons. The van der Waals surface area contributed by atoms with Gasteiger partial charge in [0.05, 0.1) is 19.6 Å². The van der Waals surface area contributed by atoms with Gasteiger partial charge in [0.25, 0.3) is 0 Å². The summed E-state index contributed by atoms with van der Waals surface area (Å²) in [4.78, 5) is 81.0. The molecule has 74 heavy (non-hydrogen) atoms. The molecule has 1 aromatic heterocycles. The summed E-state index contributed by atoms with van der Waals surface area (Å²) in [5.41, 5.74) is 2.48. The van der Waals surface area contributed by atoms with Crippen LogP contribution < -0.4 is 17.1 Å². The number of aromatic hydroxyl groups is 3. The maximum absolute atomic E-state index is 13.9. The van der Waals surface area contributed by atoms with Crippen LogP contribution in [0.15, 0.2) is 57.4 Å². The Labute approximate surface area is 437 Å². The van der Waals surface area contributed by atoms with Crippen molar-refractivity contribution in [3.05, 3.63) is 125 Å². The summed E-state index contributed by atoms with van der Waals surface area (Å²) in [7, 11) is 0. The van der Waals surface area contributed by atoms with E-state index in [0.717, 1.165) is 52.6 Å². The summed E-state index contributed by atoms with van der Waals surface area (Å²) >= 11 is 0. The van der Waals surface area contributed by atoms with Crippen LogP contribution in [0.2, 0.25) is 0 Å². The lowest BCUT2D eigenvalue weighted by Gasteiger charge is -2.28. The van der Waals surface area contributed by atoms with Gasteiger partial charge in [-0.1, -0.05) is 141 Å². The van der Waals surface area contributed by atoms with Crippen LogP contribution in [0.25, 0.3) is 5.57 Å². The van der Waals surface area contributed by atoms with Crippen molar-refractivity contribution in [2.75, 3.05) is 19.8 Å². The molecule has 1 heterocycles. The van der Waals surface area contributed by atoms with Crippen LogP contribution in [-0.4, -0.2) is 66.7 Å². The number of phenols is 3. The predicted molar refractivity (Wildman–Crippen MR) is 290 cm³/mol. The number of aryl methyl sites for hydroxylation is 3. The van der Waals surface area contributed by atoms with Crippen LogP contribution >= 0.6 is 0 Å². The Bertz CT molecular complexity index is 2700. The van der Waals surface area contributed by atoms with Gasteiger partial charge < -0.3 is 29.5 Å². The minimum atomic E-state index is -1.02. The second kappa shape index (κ2) is 23.4. The van der Waals surface area contributed by atoms with Crippen molar-refractivity contribution in [3.63, 3.8) is 0 Å². The molecule has 0 bridgehead atoms. The number of carbonyl (C=O) groups is 3. The maximum Gasteiger partial charge on any atom is 0.336 e. The third-order valence-electron chi connectivity index (χ3n) is 13.0. The molecule has 4 rings (SSSR count). The molecule has 0 amide bonds. The molecule has 0 saturated carbocycles. The molecule has 0 radical (unpaired) electrons. The third kappa shape index (κ3) is 15.6. The first-order valence-electron chi connectivity index (χ1n) is 25.6. The molecule has 0 fully saturated rings. The lowest BCUT2D eigenvalue weighted by molar-refractivity contribution is -0.144. The first-order chi connectivity index (χ1) is 33.9. The number of benzene rings is 3. The van der Waals surface area contributed by atoms with E-state index in [0.29, 0.717) is 29.5 Å². The van der Waals surface area contributed by atoms with E-state index in [9.17, 15) is 44.1 Å². The number of nitrogens with zero attached hydrogens (tertiary/aromatic N) is 3. The first kappa shape index (κ1) is 60.2. The van der Waals surface area contributed by atoms with Gasteiger partial charge in [-0.25, -0.2) is 28.1 Å². The van der Waals surface area contributed by atoms with Crippen LogP contribution in [-0.2, 0) is 94.6 Å². The summed E-state index contributed by atoms with van der Waals surface area (Å²) in [6, 6.07) is 11.2. The monoisotopic (exact) mass is 1030 g/mol. The van der Waals surface area contributed by atoms with E-state index in [1.807, 2.05) is 134 Å². The first-order valence-corrected chi connectivity index (χ1v) is 25.6. The number of phenolic OH excluding ortho intramolecular Hbond substituents is 3. The van der Waals surface area contributed by atoms with Crippen LogP contribution in [0.3, 0.4) is 0 Å². The molecule has 0 unspecified atom stereocenters. The molecule has 15 nitrogen and oxygen atoms in total. The highest BCUT2D eigenvalue weighted by molar-refractivity contribution is 5.72. The van der Waals surface area contributed by atoms with E-state index in [1.54, 1.807) is 13.0 Å². The second-order valence-corrected chi connectivity index (χ2v) is 24.6. The zero-order valence-electron chi connectivity index (χ0n) is 47.0. The fourth-order valence-electron chi connectivity index (χ4n) is 8.66. The van der Waals surface area contributed by atoms with Crippen molar-refractivity contribution < 1.29 is 43.9 Å². The summed E-state index contributed by atoms with van der Waals surface area (Å²) in [5.74, 6) is -1.22. The Morgan fingerprint density at radius 1 is 0.432 bits per heavy atom.